The number of nitrogens with one attached hydrogen (secondary N) is 1. The summed E-state index contributed by atoms with van der Waals surface area (Å²) >= 11 is 0. The molecule has 1 aromatic rings. The zero-order valence-electron chi connectivity index (χ0n) is 12.6. The van der Waals surface area contributed by atoms with Crippen molar-refractivity contribution < 1.29 is 9.72 Å². The molecular weight excluding hydrogens is 270 g/mol. The van der Waals surface area contributed by atoms with Gasteiger partial charge in [0, 0.05) is 31.8 Å². The molecule has 0 heterocycles. The number of nitrogens with zero attached hydrogens (tertiary/aromatic N) is 2. The van der Waals surface area contributed by atoms with Crippen LogP contribution in [-0.2, 0) is 0 Å². The Balaban J connectivity index is 2.28. The van der Waals surface area contributed by atoms with Crippen LogP contribution in [-0.4, -0.2) is 35.9 Å². The summed E-state index contributed by atoms with van der Waals surface area (Å²) in [6, 6.07) is 4.73. The summed E-state index contributed by atoms with van der Waals surface area (Å²) < 4.78 is 0. The number of hydrogen-bond acceptors (Lipinski definition) is 4. The minimum Gasteiger partial charge on any atom is -0.377 e. The van der Waals surface area contributed by atoms with Crippen LogP contribution in [0.4, 0.5) is 11.4 Å². The minimum absolute atomic E-state index is 0.0184. The highest BCUT2D eigenvalue weighted by Gasteiger charge is 2.25. The van der Waals surface area contributed by atoms with Crippen LogP contribution in [0.1, 0.15) is 36.5 Å². The standard InChI is InChI=1S/C15H21N3O3/c1-10-4-6-12(8-10)16-13-9-11(15(19)17(2)3)5-7-14(13)18(20)21/h5,7,9-10,12,16H,4,6,8H2,1-3H3. The highest BCUT2D eigenvalue weighted by atomic mass is 16.6. The largest absolute Gasteiger partial charge is 0.377 e. The highest BCUT2D eigenvalue weighted by molar-refractivity contribution is 5.95. The Morgan fingerprint density at radius 3 is 2.62 bits per heavy atom. The molecule has 114 valence electrons. The Kier molecular flexibility index (Phi) is 4.45. The van der Waals surface area contributed by atoms with Gasteiger partial charge in [-0.1, -0.05) is 6.92 Å². The monoisotopic (exact) mass is 291 g/mol. The van der Waals surface area contributed by atoms with Gasteiger partial charge in [0.05, 0.1) is 4.92 Å². The van der Waals surface area contributed by atoms with Gasteiger partial charge in [-0.2, -0.15) is 0 Å². The van der Waals surface area contributed by atoms with E-state index in [0.29, 0.717) is 17.2 Å². The van der Waals surface area contributed by atoms with E-state index in [1.54, 1.807) is 20.2 Å². The number of hydrogen-bond donors (Lipinski definition) is 1. The molecule has 0 bridgehead atoms. The van der Waals surface area contributed by atoms with Crippen molar-refractivity contribution in [3.05, 3.63) is 33.9 Å². The second-order valence-electron chi connectivity index (χ2n) is 5.95. The predicted octanol–water partition coefficient (Wildman–Crippen LogP) is 2.90. The van der Waals surface area contributed by atoms with Crippen LogP contribution >= 0.6 is 0 Å². The molecule has 0 aliphatic heterocycles. The molecule has 1 aliphatic carbocycles. The van der Waals surface area contributed by atoms with Gasteiger partial charge in [0.25, 0.3) is 11.6 Å². The average Bonchev–Trinajstić information content (AvgIpc) is 2.82. The van der Waals surface area contributed by atoms with E-state index < -0.39 is 4.92 Å². The molecule has 1 fully saturated rings. The predicted molar refractivity (Wildman–Crippen MR) is 81.5 cm³/mol. The Bertz CT molecular complexity index is 557. The normalized spacial score (nSPS) is 21.1. The molecule has 21 heavy (non-hydrogen) atoms. The van der Waals surface area contributed by atoms with Crippen molar-refractivity contribution in [3.63, 3.8) is 0 Å². The van der Waals surface area contributed by atoms with Crippen molar-refractivity contribution in [2.24, 2.45) is 5.92 Å². The third-order valence-corrected chi connectivity index (χ3v) is 3.90. The van der Waals surface area contributed by atoms with Crippen LogP contribution in [0.3, 0.4) is 0 Å². The topological polar surface area (TPSA) is 75.5 Å². The molecule has 2 unspecified atom stereocenters. The lowest BCUT2D eigenvalue weighted by Crippen LogP contribution is -2.22. The van der Waals surface area contributed by atoms with Gasteiger partial charge in [0.15, 0.2) is 0 Å². The third kappa shape index (κ3) is 3.51. The summed E-state index contributed by atoms with van der Waals surface area (Å²) in [5.74, 6) is 0.473. The SMILES string of the molecule is CC1CCC(Nc2cc(C(=O)N(C)C)ccc2[N+](=O)[O-])C1. The Morgan fingerprint density at radius 2 is 2.10 bits per heavy atom. The van der Waals surface area contributed by atoms with Crippen LogP contribution in [0.25, 0.3) is 0 Å². The van der Waals surface area contributed by atoms with E-state index in [-0.39, 0.29) is 17.6 Å². The van der Waals surface area contributed by atoms with Crippen molar-refractivity contribution in [1.82, 2.24) is 4.90 Å². The van der Waals surface area contributed by atoms with Crippen molar-refractivity contribution in [1.29, 1.82) is 0 Å². The zero-order chi connectivity index (χ0) is 15.6. The highest BCUT2D eigenvalue weighted by Crippen LogP contribution is 2.32. The van der Waals surface area contributed by atoms with Crippen molar-refractivity contribution in [2.45, 2.75) is 32.2 Å². The summed E-state index contributed by atoms with van der Waals surface area (Å²) in [7, 11) is 3.32. The molecule has 0 aromatic heterocycles. The van der Waals surface area contributed by atoms with Crippen molar-refractivity contribution in [2.75, 3.05) is 19.4 Å². The van der Waals surface area contributed by atoms with Gasteiger partial charge >= 0.3 is 0 Å². The molecule has 1 aliphatic rings. The molecule has 2 rings (SSSR count). The lowest BCUT2D eigenvalue weighted by Gasteiger charge is -2.16. The molecule has 2 atom stereocenters. The molecule has 6 heteroatoms. The molecule has 1 aromatic carbocycles. The van der Waals surface area contributed by atoms with Gasteiger partial charge < -0.3 is 10.2 Å². The lowest BCUT2D eigenvalue weighted by atomic mass is 10.1. The summed E-state index contributed by atoms with van der Waals surface area (Å²) in [6.45, 7) is 2.18. The number of carbonyl (C=O) groups is 1. The molecule has 1 amide bonds. The average molecular weight is 291 g/mol. The first-order valence-electron chi connectivity index (χ1n) is 7.15. The maximum absolute atomic E-state index is 12.0. The summed E-state index contributed by atoms with van der Waals surface area (Å²) in [5.41, 5.74) is 0.913. The van der Waals surface area contributed by atoms with E-state index in [4.69, 9.17) is 0 Å². The van der Waals surface area contributed by atoms with E-state index in [1.807, 2.05) is 0 Å². The van der Waals surface area contributed by atoms with Crippen LogP contribution in [0.2, 0.25) is 0 Å². The molecule has 0 radical (unpaired) electrons. The lowest BCUT2D eigenvalue weighted by molar-refractivity contribution is -0.384. The van der Waals surface area contributed by atoms with Gasteiger partial charge in [0.1, 0.15) is 5.69 Å². The molecule has 6 nitrogen and oxygen atoms in total. The first kappa shape index (κ1) is 15.3. The summed E-state index contributed by atoms with van der Waals surface area (Å²) in [4.78, 5) is 24.2. The fraction of sp³-hybridized carbons (Fsp3) is 0.533. The maximum Gasteiger partial charge on any atom is 0.292 e. The minimum atomic E-state index is -0.412. The number of benzene rings is 1. The first-order valence-corrected chi connectivity index (χ1v) is 7.15. The van der Waals surface area contributed by atoms with Gasteiger partial charge in [-0.3, -0.25) is 14.9 Å². The van der Waals surface area contributed by atoms with Gasteiger partial charge in [0.2, 0.25) is 0 Å². The quantitative estimate of drug-likeness (QED) is 0.683. The summed E-state index contributed by atoms with van der Waals surface area (Å²) in [6.07, 6.45) is 3.13. The number of rotatable bonds is 4. The van der Waals surface area contributed by atoms with E-state index in [0.717, 1.165) is 19.3 Å². The molecule has 1 N–H and O–H groups in total. The Hall–Kier alpha value is -2.11. The fourth-order valence-electron chi connectivity index (χ4n) is 2.76. The van der Waals surface area contributed by atoms with Crippen LogP contribution < -0.4 is 5.32 Å². The fourth-order valence-corrected chi connectivity index (χ4v) is 2.76. The molecule has 1 saturated carbocycles. The van der Waals surface area contributed by atoms with E-state index in [2.05, 4.69) is 12.2 Å². The number of amides is 1. The van der Waals surface area contributed by atoms with Crippen LogP contribution in [0, 0.1) is 16.0 Å². The zero-order valence-corrected chi connectivity index (χ0v) is 12.6. The molecule has 0 spiro atoms. The van der Waals surface area contributed by atoms with Gasteiger partial charge in [-0.05, 0) is 37.3 Å². The smallest absolute Gasteiger partial charge is 0.292 e. The number of nitro groups is 1. The van der Waals surface area contributed by atoms with Crippen LogP contribution in [0.15, 0.2) is 18.2 Å². The second kappa shape index (κ2) is 6.11. The van der Waals surface area contributed by atoms with E-state index in [1.165, 1.54) is 17.0 Å². The number of carbonyl (C=O) groups excluding carboxylic acids is 1. The van der Waals surface area contributed by atoms with E-state index in [9.17, 15) is 14.9 Å². The number of nitro benzene ring substituents is 1. The van der Waals surface area contributed by atoms with E-state index >= 15 is 0 Å². The molecule has 0 saturated heterocycles. The first-order chi connectivity index (χ1) is 9.88. The third-order valence-electron chi connectivity index (χ3n) is 3.90. The Labute approximate surface area is 124 Å². The number of anilines is 1. The van der Waals surface area contributed by atoms with Crippen molar-refractivity contribution in [3.8, 4) is 0 Å². The van der Waals surface area contributed by atoms with Crippen LogP contribution in [0.5, 0.6) is 0 Å². The summed E-state index contributed by atoms with van der Waals surface area (Å²) in [5, 5.41) is 14.4. The second-order valence-corrected chi connectivity index (χ2v) is 5.95. The van der Waals surface area contributed by atoms with Gasteiger partial charge in [-0.15, -0.1) is 0 Å². The van der Waals surface area contributed by atoms with Gasteiger partial charge in [-0.25, -0.2) is 0 Å². The Morgan fingerprint density at radius 1 is 1.38 bits per heavy atom. The maximum atomic E-state index is 12.0. The molecular formula is C15H21N3O3. The van der Waals surface area contributed by atoms with Crippen molar-refractivity contribution >= 4 is 17.3 Å².